The summed E-state index contributed by atoms with van der Waals surface area (Å²) in [5, 5.41) is 0. The lowest BCUT2D eigenvalue weighted by atomic mass is 10.2. The third kappa shape index (κ3) is 15.5. The summed E-state index contributed by atoms with van der Waals surface area (Å²) < 4.78 is 69.2. The first-order valence-corrected chi connectivity index (χ1v) is 9.20. The third-order valence-corrected chi connectivity index (χ3v) is 3.63. The van der Waals surface area contributed by atoms with Crippen LogP contribution in [0.15, 0.2) is 0 Å². The van der Waals surface area contributed by atoms with Crippen molar-refractivity contribution in [3.8, 4) is 0 Å². The average Bonchev–Trinajstić information content (AvgIpc) is 2.22. The number of ether oxygens (including phenoxy) is 2. The van der Waals surface area contributed by atoms with Crippen LogP contribution in [0, 0.1) is 6.42 Å². The monoisotopic (exact) mass is 347 g/mol. The van der Waals surface area contributed by atoms with E-state index in [2.05, 4.69) is 0 Å². The third-order valence-electron chi connectivity index (χ3n) is 2.07. The lowest BCUT2D eigenvalue weighted by Gasteiger charge is -2.15. The molecule has 9 nitrogen and oxygen atoms in total. The number of carbonyl (C=O) groups excluding carboxylic acids is 1. The van der Waals surface area contributed by atoms with Crippen LogP contribution in [-0.4, -0.2) is 62.7 Å². The van der Waals surface area contributed by atoms with Gasteiger partial charge in [0.25, 0.3) is 20.2 Å². The van der Waals surface area contributed by atoms with Crippen LogP contribution in [0.1, 0.15) is 19.8 Å². The van der Waals surface area contributed by atoms with E-state index in [0.29, 0.717) is 0 Å². The van der Waals surface area contributed by atoms with Crippen LogP contribution in [0.2, 0.25) is 0 Å². The van der Waals surface area contributed by atoms with Crippen molar-refractivity contribution in [3.05, 3.63) is 6.42 Å². The number of esters is 1. The van der Waals surface area contributed by atoms with Gasteiger partial charge in [-0.1, -0.05) is 0 Å². The Bertz CT molecular complexity index is 509. The molecule has 1 atom stereocenters. The van der Waals surface area contributed by atoms with Gasteiger partial charge < -0.3 is 9.47 Å². The predicted molar refractivity (Wildman–Crippen MR) is 72.7 cm³/mol. The van der Waals surface area contributed by atoms with Crippen LogP contribution in [0.4, 0.5) is 0 Å². The van der Waals surface area contributed by atoms with Gasteiger partial charge in [-0.05, 0) is 12.8 Å². The molecule has 1 radical (unpaired) electrons. The van der Waals surface area contributed by atoms with E-state index in [0.717, 1.165) is 6.92 Å². The molecule has 125 valence electrons. The lowest BCUT2D eigenvalue weighted by Crippen LogP contribution is -2.26. The second kappa shape index (κ2) is 9.30. The summed E-state index contributed by atoms with van der Waals surface area (Å²) in [6.45, 7) is 1.36. The second-order valence-electron chi connectivity index (χ2n) is 4.17. The van der Waals surface area contributed by atoms with Gasteiger partial charge in [0, 0.05) is 26.6 Å². The molecule has 2 N–H and O–H groups in total. The highest BCUT2D eigenvalue weighted by atomic mass is 32.2. The summed E-state index contributed by atoms with van der Waals surface area (Å²) in [5.41, 5.74) is 0. The molecule has 0 amide bonds. The fourth-order valence-electron chi connectivity index (χ4n) is 1.35. The molecule has 0 aromatic heterocycles. The summed E-state index contributed by atoms with van der Waals surface area (Å²) in [6, 6.07) is 0. The van der Waals surface area contributed by atoms with Crippen molar-refractivity contribution in [1.29, 1.82) is 0 Å². The smallest absolute Gasteiger partial charge is 0.302 e. The SMILES string of the molecule is CC(=O)OC([CH]CCOCCCS(=O)(=O)O)CS(=O)(=O)O. The molecule has 0 rings (SSSR count). The summed E-state index contributed by atoms with van der Waals surface area (Å²) >= 11 is 0. The molecule has 0 saturated carbocycles. The van der Waals surface area contributed by atoms with Crippen molar-refractivity contribution in [2.45, 2.75) is 25.9 Å². The Hall–Kier alpha value is -0.750. The zero-order valence-electron chi connectivity index (χ0n) is 11.5. The van der Waals surface area contributed by atoms with E-state index in [-0.39, 0.29) is 26.1 Å². The normalized spacial score (nSPS) is 13.9. The largest absolute Gasteiger partial charge is 0.461 e. The highest BCUT2D eigenvalue weighted by Gasteiger charge is 2.19. The minimum atomic E-state index is -4.28. The Balaban J connectivity index is 3.90. The van der Waals surface area contributed by atoms with Gasteiger partial charge in [0.05, 0.1) is 5.75 Å². The summed E-state index contributed by atoms with van der Waals surface area (Å²) in [5.74, 6) is -1.83. The highest BCUT2D eigenvalue weighted by Crippen LogP contribution is 2.05. The highest BCUT2D eigenvalue weighted by molar-refractivity contribution is 7.86. The number of rotatable bonds is 11. The van der Waals surface area contributed by atoms with Gasteiger partial charge in [-0.3, -0.25) is 13.9 Å². The Kier molecular flexibility index (Phi) is 8.97. The maximum atomic E-state index is 10.8. The zero-order chi connectivity index (χ0) is 16.5. The zero-order valence-corrected chi connectivity index (χ0v) is 13.1. The fourth-order valence-corrected chi connectivity index (χ4v) is 2.46. The van der Waals surface area contributed by atoms with Crippen LogP contribution in [0.5, 0.6) is 0 Å². The maximum absolute atomic E-state index is 10.8. The second-order valence-corrected chi connectivity index (χ2v) is 7.24. The summed E-state index contributed by atoms with van der Waals surface area (Å²) in [4.78, 5) is 10.8. The number of carbonyl (C=O) groups is 1. The van der Waals surface area contributed by atoms with Crippen molar-refractivity contribution < 1.29 is 40.2 Å². The minimum absolute atomic E-state index is 0.101. The van der Waals surface area contributed by atoms with Crippen molar-refractivity contribution in [3.63, 3.8) is 0 Å². The van der Waals surface area contributed by atoms with Gasteiger partial charge in [0.2, 0.25) is 0 Å². The molecular weight excluding hydrogens is 328 g/mol. The molecule has 11 heteroatoms. The van der Waals surface area contributed by atoms with Crippen LogP contribution >= 0.6 is 0 Å². The van der Waals surface area contributed by atoms with E-state index in [1.807, 2.05) is 0 Å². The summed E-state index contributed by atoms with van der Waals surface area (Å²) in [6.07, 6.45) is 0.632. The molecule has 0 aliphatic heterocycles. The molecule has 0 fully saturated rings. The van der Waals surface area contributed by atoms with E-state index in [4.69, 9.17) is 18.6 Å². The molecule has 21 heavy (non-hydrogen) atoms. The fraction of sp³-hybridized carbons (Fsp3) is 0.800. The first kappa shape index (κ1) is 20.2. The van der Waals surface area contributed by atoms with Crippen LogP contribution in [-0.2, 0) is 34.5 Å². The van der Waals surface area contributed by atoms with E-state index >= 15 is 0 Å². The maximum Gasteiger partial charge on any atom is 0.302 e. The lowest BCUT2D eigenvalue weighted by molar-refractivity contribution is -0.144. The standard InChI is InChI=1S/C10H19O9S2/c1-9(11)19-10(8-21(15,16)17)4-2-5-18-6-3-7-20(12,13)14/h4,10H,2-3,5-8H2,1H3,(H,12,13,14)(H,15,16,17). The van der Waals surface area contributed by atoms with Crippen molar-refractivity contribution >= 4 is 26.2 Å². The van der Waals surface area contributed by atoms with Crippen LogP contribution in [0.25, 0.3) is 0 Å². The van der Waals surface area contributed by atoms with E-state index in [1.165, 1.54) is 6.42 Å². The van der Waals surface area contributed by atoms with E-state index in [1.54, 1.807) is 0 Å². The molecule has 0 heterocycles. The predicted octanol–water partition coefficient (Wildman–Crippen LogP) is -0.305. The van der Waals surface area contributed by atoms with Gasteiger partial charge in [0.15, 0.2) is 0 Å². The summed E-state index contributed by atoms with van der Waals surface area (Å²) in [7, 11) is -8.28. The van der Waals surface area contributed by atoms with Gasteiger partial charge in [-0.15, -0.1) is 0 Å². The molecular formula is C10H19O9S2. The van der Waals surface area contributed by atoms with Gasteiger partial charge in [0.1, 0.15) is 11.9 Å². The minimum Gasteiger partial charge on any atom is -0.461 e. The average molecular weight is 347 g/mol. The van der Waals surface area contributed by atoms with Crippen molar-refractivity contribution in [2.24, 2.45) is 0 Å². The van der Waals surface area contributed by atoms with Gasteiger partial charge in [-0.25, -0.2) is 0 Å². The van der Waals surface area contributed by atoms with E-state index < -0.39 is 43.8 Å². The molecule has 0 aliphatic carbocycles. The van der Waals surface area contributed by atoms with Crippen molar-refractivity contribution in [2.75, 3.05) is 24.7 Å². The molecule has 0 spiro atoms. The Labute approximate surface area is 124 Å². The molecule has 0 aliphatic rings. The molecule has 0 aromatic carbocycles. The van der Waals surface area contributed by atoms with Crippen LogP contribution < -0.4 is 0 Å². The van der Waals surface area contributed by atoms with Gasteiger partial charge in [-0.2, -0.15) is 16.8 Å². The quantitative estimate of drug-likeness (QED) is 0.292. The van der Waals surface area contributed by atoms with Crippen LogP contribution in [0.3, 0.4) is 0 Å². The Morgan fingerprint density at radius 3 is 2.24 bits per heavy atom. The Morgan fingerprint density at radius 2 is 1.76 bits per heavy atom. The Morgan fingerprint density at radius 1 is 1.14 bits per heavy atom. The van der Waals surface area contributed by atoms with Crippen molar-refractivity contribution in [1.82, 2.24) is 0 Å². The number of hydrogen-bond donors (Lipinski definition) is 2. The molecule has 1 unspecified atom stereocenters. The number of hydrogen-bond acceptors (Lipinski definition) is 7. The van der Waals surface area contributed by atoms with E-state index in [9.17, 15) is 21.6 Å². The molecule has 0 saturated heterocycles. The first-order chi connectivity index (χ1) is 9.49. The molecule has 0 aromatic rings. The van der Waals surface area contributed by atoms with Gasteiger partial charge >= 0.3 is 5.97 Å². The first-order valence-electron chi connectivity index (χ1n) is 5.98. The molecule has 0 bridgehead atoms. The topological polar surface area (TPSA) is 144 Å².